The van der Waals surface area contributed by atoms with Gasteiger partial charge in [-0.3, -0.25) is 4.98 Å². The van der Waals surface area contributed by atoms with Gasteiger partial charge in [0.05, 0.1) is 5.69 Å². The Hall–Kier alpha value is -1.83. The van der Waals surface area contributed by atoms with Crippen LogP contribution in [-0.4, -0.2) is 10.1 Å². The Morgan fingerprint density at radius 2 is 1.70 bits per heavy atom. The minimum absolute atomic E-state index is 0.220. The van der Waals surface area contributed by atoms with Crippen molar-refractivity contribution in [1.29, 1.82) is 0 Å². The monoisotopic (exact) mass is 267 g/mol. The normalized spacial score (nSPS) is 17.8. The van der Waals surface area contributed by atoms with E-state index in [-0.39, 0.29) is 5.92 Å². The molecule has 1 aliphatic carbocycles. The first-order chi connectivity index (χ1) is 9.86. The van der Waals surface area contributed by atoms with Gasteiger partial charge in [-0.15, -0.1) is 0 Å². The molecule has 0 unspecified atom stereocenters. The molecule has 2 heteroatoms. The molecule has 1 N–H and O–H groups in total. The van der Waals surface area contributed by atoms with Crippen LogP contribution in [0.5, 0.6) is 5.75 Å². The number of aromatic nitrogens is 1. The van der Waals surface area contributed by atoms with E-state index in [1.807, 2.05) is 6.07 Å². The zero-order valence-corrected chi connectivity index (χ0v) is 11.7. The number of hydrogen-bond acceptors (Lipinski definition) is 2. The summed E-state index contributed by atoms with van der Waals surface area (Å²) in [5.74, 6) is 1.14. The van der Waals surface area contributed by atoms with E-state index in [9.17, 15) is 5.11 Å². The van der Waals surface area contributed by atoms with Gasteiger partial charge in [-0.05, 0) is 36.5 Å². The molecule has 0 amide bonds. The largest absolute Gasteiger partial charge is 0.506 e. The highest BCUT2D eigenvalue weighted by Crippen LogP contribution is 2.42. The van der Waals surface area contributed by atoms with Crippen LogP contribution < -0.4 is 0 Å². The molecule has 1 atom stereocenters. The highest BCUT2D eigenvalue weighted by atomic mass is 16.3. The van der Waals surface area contributed by atoms with Crippen molar-refractivity contribution in [3.63, 3.8) is 0 Å². The molecule has 0 saturated heterocycles. The van der Waals surface area contributed by atoms with E-state index in [1.165, 1.54) is 37.7 Å². The molecule has 1 fully saturated rings. The summed E-state index contributed by atoms with van der Waals surface area (Å²) in [6, 6.07) is 14.1. The Morgan fingerprint density at radius 1 is 0.950 bits per heavy atom. The Labute approximate surface area is 120 Å². The van der Waals surface area contributed by atoms with Gasteiger partial charge in [0.25, 0.3) is 0 Å². The van der Waals surface area contributed by atoms with Gasteiger partial charge in [0.2, 0.25) is 0 Å². The van der Waals surface area contributed by atoms with Crippen LogP contribution in [-0.2, 0) is 0 Å². The van der Waals surface area contributed by atoms with E-state index in [0.29, 0.717) is 11.7 Å². The third-order valence-corrected chi connectivity index (χ3v) is 4.39. The summed E-state index contributed by atoms with van der Waals surface area (Å²) < 4.78 is 0. The first-order valence-corrected chi connectivity index (χ1v) is 7.55. The predicted molar refractivity (Wildman–Crippen MR) is 80.8 cm³/mol. The SMILES string of the molecule is Oc1cccnc1[C@H](c1ccccc1)C1CCCCC1. The molecule has 1 aromatic heterocycles. The van der Waals surface area contributed by atoms with Crippen molar-refractivity contribution in [2.45, 2.75) is 38.0 Å². The van der Waals surface area contributed by atoms with Crippen molar-refractivity contribution >= 4 is 0 Å². The number of pyridine rings is 1. The van der Waals surface area contributed by atoms with Crippen molar-refractivity contribution in [2.24, 2.45) is 5.92 Å². The molecule has 1 aromatic carbocycles. The van der Waals surface area contributed by atoms with Crippen LogP contribution in [0.2, 0.25) is 0 Å². The molecule has 0 radical (unpaired) electrons. The van der Waals surface area contributed by atoms with E-state index in [4.69, 9.17) is 0 Å². The molecule has 1 saturated carbocycles. The van der Waals surface area contributed by atoms with Crippen molar-refractivity contribution in [1.82, 2.24) is 4.98 Å². The van der Waals surface area contributed by atoms with Crippen molar-refractivity contribution in [2.75, 3.05) is 0 Å². The number of benzene rings is 1. The number of rotatable bonds is 3. The maximum absolute atomic E-state index is 10.2. The smallest absolute Gasteiger partial charge is 0.137 e. The molecular weight excluding hydrogens is 246 g/mol. The minimum atomic E-state index is 0.220. The summed E-state index contributed by atoms with van der Waals surface area (Å²) in [5, 5.41) is 10.2. The number of nitrogens with zero attached hydrogens (tertiary/aromatic N) is 1. The molecule has 3 rings (SSSR count). The molecular formula is C18H21NO. The standard InChI is InChI=1S/C18H21NO/c20-16-12-7-13-19-18(16)17(14-8-3-1-4-9-14)15-10-5-2-6-11-15/h1,3-4,7-9,12-13,15,17,20H,2,5-6,10-11H2/t17-/m1/s1. The summed E-state index contributed by atoms with van der Waals surface area (Å²) in [7, 11) is 0. The molecule has 1 aliphatic rings. The lowest BCUT2D eigenvalue weighted by molar-refractivity contribution is 0.318. The van der Waals surface area contributed by atoms with E-state index in [0.717, 1.165) is 5.69 Å². The second-order valence-electron chi connectivity index (χ2n) is 5.69. The second-order valence-corrected chi connectivity index (χ2v) is 5.69. The fourth-order valence-electron chi connectivity index (χ4n) is 3.43. The van der Waals surface area contributed by atoms with Crippen LogP contribution in [0.1, 0.15) is 49.3 Å². The Bertz CT molecular complexity index is 546. The van der Waals surface area contributed by atoms with Gasteiger partial charge in [0.15, 0.2) is 0 Å². The summed E-state index contributed by atoms with van der Waals surface area (Å²) in [6.45, 7) is 0. The van der Waals surface area contributed by atoms with Crippen LogP contribution in [0.4, 0.5) is 0 Å². The maximum atomic E-state index is 10.2. The lowest BCUT2D eigenvalue weighted by Gasteiger charge is -2.30. The van der Waals surface area contributed by atoms with Crippen molar-refractivity contribution < 1.29 is 5.11 Å². The summed E-state index contributed by atoms with van der Waals surface area (Å²) in [4.78, 5) is 4.48. The molecule has 0 aliphatic heterocycles. The molecule has 0 spiro atoms. The maximum Gasteiger partial charge on any atom is 0.137 e. The minimum Gasteiger partial charge on any atom is -0.506 e. The highest BCUT2D eigenvalue weighted by molar-refractivity contribution is 5.37. The quantitative estimate of drug-likeness (QED) is 0.888. The van der Waals surface area contributed by atoms with Gasteiger partial charge in [-0.25, -0.2) is 0 Å². The van der Waals surface area contributed by atoms with Gasteiger partial charge in [0, 0.05) is 12.1 Å². The number of aromatic hydroxyl groups is 1. The highest BCUT2D eigenvalue weighted by Gasteiger charge is 2.29. The van der Waals surface area contributed by atoms with Crippen LogP contribution in [0.3, 0.4) is 0 Å². The average Bonchev–Trinajstić information content (AvgIpc) is 2.52. The van der Waals surface area contributed by atoms with Gasteiger partial charge in [-0.2, -0.15) is 0 Å². The van der Waals surface area contributed by atoms with Crippen LogP contribution in [0.15, 0.2) is 48.7 Å². The molecule has 0 bridgehead atoms. The first-order valence-electron chi connectivity index (χ1n) is 7.55. The fourth-order valence-corrected chi connectivity index (χ4v) is 3.43. The van der Waals surface area contributed by atoms with E-state index in [2.05, 4.69) is 29.2 Å². The van der Waals surface area contributed by atoms with E-state index < -0.39 is 0 Å². The molecule has 1 heterocycles. The topological polar surface area (TPSA) is 33.1 Å². The second kappa shape index (κ2) is 6.08. The lowest BCUT2D eigenvalue weighted by Crippen LogP contribution is -2.18. The van der Waals surface area contributed by atoms with Gasteiger partial charge >= 0.3 is 0 Å². The first kappa shape index (κ1) is 13.2. The summed E-state index contributed by atoms with van der Waals surface area (Å²) >= 11 is 0. The van der Waals surface area contributed by atoms with E-state index in [1.54, 1.807) is 18.3 Å². The fraction of sp³-hybridized carbons (Fsp3) is 0.389. The van der Waals surface area contributed by atoms with Crippen LogP contribution >= 0.6 is 0 Å². The third-order valence-electron chi connectivity index (χ3n) is 4.39. The van der Waals surface area contributed by atoms with E-state index >= 15 is 0 Å². The Balaban J connectivity index is 2.01. The average molecular weight is 267 g/mol. The van der Waals surface area contributed by atoms with Gasteiger partial charge in [-0.1, -0.05) is 49.6 Å². The molecule has 2 nitrogen and oxygen atoms in total. The summed E-state index contributed by atoms with van der Waals surface area (Å²) in [6.07, 6.45) is 8.17. The van der Waals surface area contributed by atoms with Crippen LogP contribution in [0, 0.1) is 5.92 Å². The van der Waals surface area contributed by atoms with Gasteiger partial charge < -0.3 is 5.11 Å². The predicted octanol–water partition coefficient (Wildman–Crippen LogP) is 4.50. The van der Waals surface area contributed by atoms with Crippen LogP contribution in [0.25, 0.3) is 0 Å². The molecule has 2 aromatic rings. The lowest BCUT2D eigenvalue weighted by atomic mass is 9.75. The molecule has 20 heavy (non-hydrogen) atoms. The number of hydrogen-bond donors (Lipinski definition) is 1. The zero-order valence-electron chi connectivity index (χ0n) is 11.7. The third kappa shape index (κ3) is 2.69. The van der Waals surface area contributed by atoms with Crippen molar-refractivity contribution in [3.05, 3.63) is 59.9 Å². The summed E-state index contributed by atoms with van der Waals surface area (Å²) in [5.41, 5.74) is 2.11. The Kier molecular flexibility index (Phi) is 4.00. The molecule has 104 valence electrons. The Morgan fingerprint density at radius 3 is 2.40 bits per heavy atom. The zero-order chi connectivity index (χ0) is 13.8. The van der Waals surface area contributed by atoms with Gasteiger partial charge in [0.1, 0.15) is 5.75 Å². The van der Waals surface area contributed by atoms with Crippen molar-refractivity contribution in [3.8, 4) is 5.75 Å².